The monoisotopic (exact) mass is 300 g/mol. The fourth-order valence-corrected chi connectivity index (χ4v) is 3.05. The largest absolute Gasteiger partial charge is 0.453 e. The second kappa shape index (κ2) is 6.55. The number of rotatable bonds is 3. The van der Waals surface area contributed by atoms with Gasteiger partial charge in [0.2, 0.25) is 0 Å². The Morgan fingerprint density at radius 1 is 1.15 bits per heavy atom. The van der Waals surface area contributed by atoms with Crippen molar-refractivity contribution in [2.75, 3.05) is 6.61 Å². The lowest BCUT2D eigenvalue weighted by Gasteiger charge is -2.39. The number of esters is 1. The molecule has 7 heteroatoms. The van der Waals surface area contributed by atoms with E-state index in [1.54, 1.807) is 30.3 Å². The summed E-state index contributed by atoms with van der Waals surface area (Å²) >= 11 is 0.843. The van der Waals surface area contributed by atoms with Gasteiger partial charge in [0.15, 0.2) is 6.10 Å². The quantitative estimate of drug-likeness (QED) is 0.550. The van der Waals surface area contributed by atoms with Crippen LogP contribution in [0.25, 0.3) is 0 Å². The number of carbonyl (C=O) groups is 1. The van der Waals surface area contributed by atoms with Crippen LogP contribution in [0.1, 0.15) is 10.4 Å². The van der Waals surface area contributed by atoms with Gasteiger partial charge in [-0.25, -0.2) is 4.79 Å². The summed E-state index contributed by atoms with van der Waals surface area (Å²) in [5.41, 5.74) is -0.954. The zero-order valence-electron chi connectivity index (χ0n) is 10.5. The van der Waals surface area contributed by atoms with Crippen molar-refractivity contribution < 1.29 is 30.0 Å². The summed E-state index contributed by atoms with van der Waals surface area (Å²) in [6.45, 7) is -0.394. The van der Waals surface area contributed by atoms with Gasteiger partial charge in [-0.3, -0.25) is 0 Å². The normalized spacial score (nSPS) is 33.7. The van der Waals surface area contributed by atoms with Crippen molar-refractivity contribution in [2.24, 2.45) is 0 Å². The summed E-state index contributed by atoms with van der Waals surface area (Å²) in [5, 5.41) is 37.9. The van der Waals surface area contributed by atoms with Gasteiger partial charge in [-0.05, 0) is 12.1 Å². The molecular weight excluding hydrogens is 284 g/mol. The number of carbonyl (C=O) groups excluding carboxylic acids is 1. The van der Waals surface area contributed by atoms with Crippen molar-refractivity contribution in [3.8, 4) is 0 Å². The first-order valence-corrected chi connectivity index (χ1v) is 7.05. The van der Waals surface area contributed by atoms with Crippen molar-refractivity contribution in [2.45, 2.75) is 29.0 Å². The third-order valence-corrected chi connectivity index (χ3v) is 4.43. The number of ether oxygens (including phenoxy) is 1. The third-order valence-electron chi connectivity index (χ3n) is 3.09. The molecule has 0 aliphatic carbocycles. The Kier molecular flexibility index (Phi) is 5.00. The molecule has 1 heterocycles. The van der Waals surface area contributed by atoms with Crippen LogP contribution in [-0.4, -0.2) is 62.0 Å². The van der Waals surface area contributed by atoms with Gasteiger partial charge in [-0.15, -0.1) is 11.8 Å². The molecule has 0 amide bonds. The van der Waals surface area contributed by atoms with Crippen LogP contribution >= 0.6 is 11.8 Å². The molecule has 0 aromatic heterocycles. The summed E-state index contributed by atoms with van der Waals surface area (Å²) in [4.78, 5) is 11.9. The Morgan fingerprint density at radius 2 is 1.80 bits per heavy atom. The van der Waals surface area contributed by atoms with Gasteiger partial charge in [-0.1, -0.05) is 18.2 Å². The molecule has 4 N–H and O–H groups in total. The minimum absolute atomic E-state index is 0.278. The zero-order chi connectivity index (χ0) is 14.7. The highest BCUT2D eigenvalue weighted by molar-refractivity contribution is 8.00. The molecule has 0 spiro atoms. The van der Waals surface area contributed by atoms with Crippen LogP contribution < -0.4 is 0 Å². The van der Waals surface area contributed by atoms with Crippen LogP contribution in [-0.2, 0) is 4.74 Å². The standard InChI is InChI=1S/C13H16O6S/c14-6-8-9(15)11(10(16)13(18)20-8)19-12(17)7-4-2-1-3-5-7/h1-5,8-11,13-16,18H,6H2/t8-,9-,10-,11+,13+/m1/s1. The maximum Gasteiger partial charge on any atom is 0.338 e. The average Bonchev–Trinajstić information content (AvgIpc) is 2.48. The van der Waals surface area contributed by atoms with Gasteiger partial charge in [-0.2, -0.15) is 0 Å². The van der Waals surface area contributed by atoms with E-state index in [1.807, 2.05) is 0 Å². The van der Waals surface area contributed by atoms with Gasteiger partial charge >= 0.3 is 5.97 Å². The van der Waals surface area contributed by atoms with Gasteiger partial charge in [0.1, 0.15) is 17.6 Å². The molecule has 1 fully saturated rings. The second-order valence-corrected chi connectivity index (χ2v) is 5.83. The number of thioether (sulfide) groups is 1. The van der Waals surface area contributed by atoms with Crippen LogP contribution in [0.5, 0.6) is 0 Å². The molecule has 0 bridgehead atoms. The van der Waals surface area contributed by atoms with Crippen LogP contribution in [0, 0.1) is 0 Å². The summed E-state index contributed by atoms with van der Waals surface area (Å²) in [6.07, 6.45) is -3.95. The minimum atomic E-state index is -1.41. The van der Waals surface area contributed by atoms with E-state index in [9.17, 15) is 20.1 Å². The Bertz CT molecular complexity index is 453. The van der Waals surface area contributed by atoms with Crippen LogP contribution in [0.15, 0.2) is 30.3 Å². The fourth-order valence-electron chi connectivity index (χ4n) is 1.97. The topological polar surface area (TPSA) is 107 Å². The maximum absolute atomic E-state index is 11.9. The minimum Gasteiger partial charge on any atom is -0.453 e. The molecule has 110 valence electrons. The summed E-state index contributed by atoms with van der Waals surface area (Å²) in [5.74, 6) is -0.704. The first-order chi connectivity index (χ1) is 9.54. The SMILES string of the molecule is O=C(O[C@@H]1[C@@H](O)[C@@H](O)S[C@H](CO)[C@H]1O)c1ccccc1. The smallest absolute Gasteiger partial charge is 0.338 e. The highest BCUT2D eigenvalue weighted by Gasteiger charge is 2.45. The molecule has 2 rings (SSSR count). The Hall–Kier alpha value is -1.12. The van der Waals surface area contributed by atoms with Crippen molar-refractivity contribution in [1.82, 2.24) is 0 Å². The summed E-state index contributed by atoms with van der Waals surface area (Å²) in [7, 11) is 0. The first kappa shape index (κ1) is 15.3. The van der Waals surface area contributed by atoms with Gasteiger partial charge in [0.25, 0.3) is 0 Å². The molecule has 1 aliphatic heterocycles. The van der Waals surface area contributed by atoms with E-state index in [2.05, 4.69) is 0 Å². The van der Waals surface area contributed by atoms with Crippen molar-refractivity contribution in [3.63, 3.8) is 0 Å². The maximum atomic E-state index is 11.9. The third kappa shape index (κ3) is 3.13. The van der Waals surface area contributed by atoms with Gasteiger partial charge < -0.3 is 25.2 Å². The number of aliphatic hydroxyl groups is 4. The van der Waals surface area contributed by atoms with Crippen LogP contribution in [0.3, 0.4) is 0 Å². The molecule has 1 aromatic rings. The number of aliphatic hydroxyl groups excluding tert-OH is 4. The van der Waals surface area contributed by atoms with E-state index in [0.29, 0.717) is 0 Å². The van der Waals surface area contributed by atoms with E-state index in [1.165, 1.54) is 0 Å². The molecule has 0 radical (unpaired) electrons. The first-order valence-electron chi connectivity index (χ1n) is 6.11. The molecule has 0 saturated carbocycles. The number of hydrogen-bond acceptors (Lipinski definition) is 7. The number of benzene rings is 1. The summed E-state index contributed by atoms with van der Waals surface area (Å²) < 4.78 is 5.08. The van der Waals surface area contributed by atoms with Crippen LogP contribution in [0.2, 0.25) is 0 Å². The molecular formula is C13H16O6S. The second-order valence-electron chi connectivity index (χ2n) is 4.46. The molecule has 0 unspecified atom stereocenters. The Labute approximate surface area is 120 Å². The molecule has 20 heavy (non-hydrogen) atoms. The Morgan fingerprint density at radius 3 is 2.40 bits per heavy atom. The van der Waals surface area contributed by atoms with Crippen molar-refractivity contribution in [1.29, 1.82) is 0 Å². The average molecular weight is 300 g/mol. The molecule has 6 nitrogen and oxygen atoms in total. The highest BCUT2D eigenvalue weighted by atomic mass is 32.2. The Balaban J connectivity index is 2.11. The van der Waals surface area contributed by atoms with E-state index in [-0.39, 0.29) is 5.56 Å². The highest BCUT2D eigenvalue weighted by Crippen LogP contribution is 2.33. The van der Waals surface area contributed by atoms with E-state index in [0.717, 1.165) is 11.8 Å². The lowest BCUT2D eigenvalue weighted by Crippen LogP contribution is -2.55. The van der Waals surface area contributed by atoms with E-state index < -0.39 is 41.6 Å². The van der Waals surface area contributed by atoms with Gasteiger partial charge in [0.05, 0.1) is 17.4 Å². The molecule has 1 saturated heterocycles. The predicted octanol–water partition coefficient (Wildman–Crippen LogP) is -0.640. The fraction of sp³-hybridized carbons (Fsp3) is 0.462. The number of hydrogen-bond donors (Lipinski definition) is 4. The molecule has 1 aliphatic rings. The summed E-state index contributed by atoms with van der Waals surface area (Å²) in [6, 6.07) is 8.14. The van der Waals surface area contributed by atoms with Crippen LogP contribution in [0.4, 0.5) is 0 Å². The van der Waals surface area contributed by atoms with Crippen molar-refractivity contribution in [3.05, 3.63) is 35.9 Å². The molecule has 5 atom stereocenters. The molecule has 1 aromatic carbocycles. The van der Waals surface area contributed by atoms with Gasteiger partial charge in [0, 0.05) is 0 Å². The lowest BCUT2D eigenvalue weighted by molar-refractivity contribution is -0.104. The van der Waals surface area contributed by atoms with E-state index in [4.69, 9.17) is 9.84 Å². The van der Waals surface area contributed by atoms with Crippen molar-refractivity contribution >= 4 is 17.7 Å². The predicted molar refractivity (Wildman–Crippen MR) is 72.1 cm³/mol. The lowest BCUT2D eigenvalue weighted by atomic mass is 10.0. The zero-order valence-corrected chi connectivity index (χ0v) is 11.3. The van der Waals surface area contributed by atoms with E-state index >= 15 is 0 Å².